The lowest BCUT2D eigenvalue weighted by molar-refractivity contribution is 0.837. The molecule has 0 bridgehead atoms. The van der Waals surface area contributed by atoms with E-state index in [1.165, 1.54) is 10.8 Å². The van der Waals surface area contributed by atoms with Crippen LogP contribution in [0.1, 0.15) is 25.5 Å². The van der Waals surface area contributed by atoms with Crippen molar-refractivity contribution in [2.45, 2.75) is 19.8 Å². The predicted octanol–water partition coefficient (Wildman–Crippen LogP) is 2.94. The van der Waals surface area contributed by atoms with Crippen LogP contribution in [0.4, 0.5) is 5.82 Å². The van der Waals surface area contributed by atoms with Gasteiger partial charge in [-0.15, -0.1) is 0 Å². The standard InChI is InChI=1S/C12H14N2/c1-8(2)12-10-6-4-3-5-9(10)7-11(13)14-12/h3-8H,1-2H3,(H2,13,14). The van der Waals surface area contributed by atoms with Gasteiger partial charge in [-0.05, 0) is 17.4 Å². The maximum atomic E-state index is 5.75. The molecular formula is C12H14N2. The maximum absolute atomic E-state index is 5.75. The summed E-state index contributed by atoms with van der Waals surface area (Å²) in [5.41, 5.74) is 6.84. The molecule has 0 unspecified atom stereocenters. The number of nitrogens with two attached hydrogens (primary N) is 1. The number of benzene rings is 1. The summed E-state index contributed by atoms with van der Waals surface area (Å²) in [7, 11) is 0. The minimum Gasteiger partial charge on any atom is -0.384 e. The number of pyridine rings is 1. The number of nitrogen functional groups attached to an aromatic ring is 1. The highest BCUT2D eigenvalue weighted by Gasteiger charge is 2.07. The van der Waals surface area contributed by atoms with Crippen LogP contribution in [-0.4, -0.2) is 4.98 Å². The van der Waals surface area contributed by atoms with Gasteiger partial charge in [-0.1, -0.05) is 38.1 Å². The molecular weight excluding hydrogens is 172 g/mol. The van der Waals surface area contributed by atoms with Gasteiger partial charge in [0, 0.05) is 5.39 Å². The Kier molecular flexibility index (Phi) is 2.12. The smallest absolute Gasteiger partial charge is 0.124 e. The minimum absolute atomic E-state index is 0.406. The van der Waals surface area contributed by atoms with Gasteiger partial charge in [0.05, 0.1) is 5.69 Å². The summed E-state index contributed by atoms with van der Waals surface area (Å²) in [6, 6.07) is 10.1. The Morgan fingerprint density at radius 2 is 1.93 bits per heavy atom. The third-order valence-corrected chi connectivity index (χ3v) is 2.34. The van der Waals surface area contributed by atoms with E-state index in [1.54, 1.807) is 0 Å². The Morgan fingerprint density at radius 3 is 2.64 bits per heavy atom. The number of hydrogen-bond donors (Lipinski definition) is 1. The van der Waals surface area contributed by atoms with E-state index in [0.29, 0.717) is 11.7 Å². The van der Waals surface area contributed by atoms with Crippen LogP contribution in [0.15, 0.2) is 30.3 Å². The predicted molar refractivity (Wildman–Crippen MR) is 60.2 cm³/mol. The van der Waals surface area contributed by atoms with Gasteiger partial charge in [0.1, 0.15) is 5.82 Å². The molecule has 0 atom stereocenters. The van der Waals surface area contributed by atoms with Gasteiger partial charge in [-0.25, -0.2) is 4.98 Å². The topological polar surface area (TPSA) is 38.9 Å². The van der Waals surface area contributed by atoms with E-state index in [2.05, 4.69) is 31.0 Å². The summed E-state index contributed by atoms with van der Waals surface area (Å²) in [6.45, 7) is 4.27. The molecule has 1 heterocycles. The molecule has 14 heavy (non-hydrogen) atoms. The first kappa shape index (κ1) is 9.00. The number of anilines is 1. The van der Waals surface area contributed by atoms with Crippen molar-refractivity contribution in [2.75, 3.05) is 5.73 Å². The number of rotatable bonds is 1. The third-order valence-electron chi connectivity index (χ3n) is 2.34. The van der Waals surface area contributed by atoms with Crippen LogP contribution in [0, 0.1) is 0 Å². The Labute approximate surface area is 83.8 Å². The normalized spacial score (nSPS) is 11.1. The molecule has 0 saturated heterocycles. The number of fused-ring (bicyclic) bond motifs is 1. The van der Waals surface area contributed by atoms with Gasteiger partial charge < -0.3 is 5.73 Å². The van der Waals surface area contributed by atoms with Crippen LogP contribution >= 0.6 is 0 Å². The highest BCUT2D eigenvalue weighted by atomic mass is 14.8. The summed E-state index contributed by atoms with van der Waals surface area (Å²) in [5.74, 6) is 1.01. The first-order valence-electron chi connectivity index (χ1n) is 4.83. The lowest BCUT2D eigenvalue weighted by Crippen LogP contribution is -1.98. The van der Waals surface area contributed by atoms with Crippen LogP contribution in [0.3, 0.4) is 0 Å². The Morgan fingerprint density at radius 1 is 1.21 bits per heavy atom. The van der Waals surface area contributed by atoms with Crippen molar-refractivity contribution in [1.82, 2.24) is 4.98 Å². The summed E-state index contributed by atoms with van der Waals surface area (Å²) in [4.78, 5) is 4.38. The van der Waals surface area contributed by atoms with Crippen LogP contribution in [0.5, 0.6) is 0 Å². The SMILES string of the molecule is CC(C)c1nc(N)cc2ccccc12. The molecule has 0 radical (unpaired) electrons. The molecule has 0 fully saturated rings. The van der Waals surface area contributed by atoms with E-state index in [9.17, 15) is 0 Å². The Hall–Kier alpha value is -1.57. The molecule has 1 aromatic heterocycles. The summed E-state index contributed by atoms with van der Waals surface area (Å²) >= 11 is 0. The fourth-order valence-corrected chi connectivity index (χ4v) is 1.69. The van der Waals surface area contributed by atoms with Gasteiger partial charge >= 0.3 is 0 Å². The lowest BCUT2D eigenvalue weighted by Gasteiger charge is -2.09. The quantitative estimate of drug-likeness (QED) is 0.743. The fraction of sp³-hybridized carbons (Fsp3) is 0.250. The molecule has 2 N–H and O–H groups in total. The van der Waals surface area contributed by atoms with E-state index >= 15 is 0 Å². The molecule has 0 aliphatic rings. The van der Waals surface area contributed by atoms with Gasteiger partial charge in [-0.2, -0.15) is 0 Å². The first-order valence-corrected chi connectivity index (χ1v) is 4.83. The van der Waals surface area contributed by atoms with Crippen molar-refractivity contribution >= 4 is 16.6 Å². The number of nitrogens with zero attached hydrogens (tertiary/aromatic N) is 1. The van der Waals surface area contributed by atoms with E-state index in [0.717, 1.165) is 5.69 Å². The second-order valence-corrected chi connectivity index (χ2v) is 3.81. The first-order chi connectivity index (χ1) is 6.68. The molecule has 0 aliphatic carbocycles. The Balaban J connectivity index is 2.80. The summed E-state index contributed by atoms with van der Waals surface area (Å²) in [6.07, 6.45) is 0. The van der Waals surface area contributed by atoms with Crippen molar-refractivity contribution in [1.29, 1.82) is 0 Å². The summed E-state index contributed by atoms with van der Waals surface area (Å²) < 4.78 is 0. The van der Waals surface area contributed by atoms with E-state index in [1.807, 2.05) is 18.2 Å². The van der Waals surface area contributed by atoms with Crippen LogP contribution in [0.25, 0.3) is 10.8 Å². The van der Waals surface area contributed by atoms with Crippen molar-refractivity contribution < 1.29 is 0 Å². The van der Waals surface area contributed by atoms with Crippen LogP contribution in [0.2, 0.25) is 0 Å². The molecule has 0 amide bonds. The van der Waals surface area contributed by atoms with Crippen molar-refractivity contribution in [3.8, 4) is 0 Å². The zero-order valence-electron chi connectivity index (χ0n) is 8.49. The minimum atomic E-state index is 0.406. The van der Waals surface area contributed by atoms with E-state index < -0.39 is 0 Å². The number of hydrogen-bond acceptors (Lipinski definition) is 2. The van der Waals surface area contributed by atoms with Crippen molar-refractivity contribution in [3.05, 3.63) is 36.0 Å². The molecule has 2 aromatic rings. The van der Waals surface area contributed by atoms with Gasteiger partial charge in [0.15, 0.2) is 0 Å². The summed E-state index contributed by atoms with van der Waals surface area (Å²) in [5, 5.41) is 2.38. The van der Waals surface area contributed by atoms with Crippen molar-refractivity contribution in [3.63, 3.8) is 0 Å². The molecule has 1 aromatic carbocycles. The molecule has 0 aliphatic heterocycles. The van der Waals surface area contributed by atoms with E-state index in [4.69, 9.17) is 5.73 Å². The molecule has 72 valence electrons. The fourth-order valence-electron chi connectivity index (χ4n) is 1.69. The van der Waals surface area contributed by atoms with Crippen LogP contribution in [-0.2, 0) is 0 Å². The lowest BCUT2D eigenvalue weighted by atomic mass is 10.0. The number of aromatic nitrogens is 1. The van der Waals surface area contributed by atoms with E-state index in [-0.39, 0.29) is 0 Å². The molecule has 2 rings (SSSR count). The van der Waals surface area contributed by atoms with Crippen LogP contribution < -0.4 is 5.73 Å². The largest absolute Gasteiger partial charge is 0.384 e. The zero-order chi connectivity index (χ0) is 10.1. The maximum Gasteiger partial charge on any atom is 0.124 e. The van der Waals surface area contributed by atoms with Crippen molar-refractivity contribution in [2.24, 2.45) is 0 Å². The van der Waals surface area contributed by atoms with Gasteiger partial charge in [0.2, 0.25) is 0 Å². The molecule has 0 spiro atoms. The average Bonchev–Trinajstić information content (AvgIpc) is 2.16. The Bertz CT molecular complexity index is 461. The molecule has 2 heteroatoms. The second-order valence-electron chi connectivity index (χ2n) is 3.81. The third kappa shape index (κ3) is 1.43. The highest BCUT2D eigenvalue weighted by molar-refractivity contribution is 5.86. The monoisotopic (exact) mass is 186 g/mol. The average molecular weight is 186 g/mol. The highest BCUT2D eigenvalue weighted by Crippen LogP contribution is 2.24. The molecule has 0 saturated carbocycles. The van der Waals surface area contributed by atoms with Gasteiger partial charge in [0.25, 0.3) is 0 Å². The second kappa shape index (κ2) is 3.29. The molecule has 2 nitrogen and oxygen atoms in total. The van der Waals surface area contributed by atoms with Gasteiger partial charge in [-0.3, -0.25) is 0 Å². The zero-order valence-corrected chi connectivity index (χ0v) is 8.49.